The predicted molar refractivity (Wildman–Crippen MR) is 99.0 cm³/mol. The van der Waals surface area contributed by atoms with Crippen LogP contribution in [-0.4, -0.2) is 30.1 Å². The molecular formula is C20H25N3O4. The quantitative estimate of drug-likeness (QED) is 0.690. The third kappa shape index (κ3) is 3.91. The molecule has 0 unspecified atom stereocenters. The van der Waals surface area contributed by atoms with Crippen LogP contribution >= 0.6 is 0 Å². The molecule has 4 aliphatic carbocycles. The minimum Gasteiger partial charge on any atom is -0.452 e. The first-order valence-corrected chi connectivity index (χ1v) is 9.55. The van der Waals surface area contributed by atoms with Crippen molar-refractivity contribution in [1.82, 2.24) is 5.32 Å². The fourth-order valence-corrected chi connectivity index (χ4v) is 5.68. The van der Waals surface area contributed by atoms with Gasteiger partial charge in [-0.2, -0.15) is 0 Å². The third-order valence-corrected chi connectivity index (χ3v) is 6.14. The number of amides is 3. The summed E-state index contributed by atoms with van der Waals surface area (Å²) in [6.07, 6.45) is 7.08. The Morgan fingerprint density at radius 1 is 1.07 bits per heavy atom. The van der Waals surface area contributed by atoms with Crippen molar-refractivity contribution in [1.29, 1.82) is 0 Å². The van der Waals surface area contributed by atoms with E-state index in [-0.39, 0.29) is 23.6 Å². The normalized spacial score (nSPS) is 30.6. The van der Waals surface area contributed by atoms with Crippen molar-refractivity contribution in [2.24, 2.45) is 23.5 Å². The van der Waals surface area contributed by atoms with Gasteiger partial charge < -0.3 is 21.1 Å². The summed E-state index contributed by atoms with van der Waals surface area (Å²) < 4.78 is 5.17. The number of ether oxygens (including phenoxy) is 1. The molecule has 144 valence electrons. The van der Waals surface area contributed by atoms with Crippen molar-refractivity contribution in [3.05, 3.63) is 29.8 Å². The van der Waals surface area contributed by atoms with Crippen molar-refractivity contribution in [3.8, 4) is 0 Å². The van der Waals surface area contributed by atoms with Gasteiger partial charge in [0.15, 0.2) is 6.61 Å². The summed E-state index contributed by atoms with van der Waals surface area (Å²) in [5, 5.41) is 5.58. The van der Waals surface area contributed by atoms with Gasteiger partial charge in [0.25, 0.3) is 5.91 Å². The Morgan fingerprint density at radius 2 is 1.70 bits per heavy atom. The standard InChI is InChI=1S/C20H25N3O4/c21-19(26)22-16-3-1-2-15(7-16)18(25)27-11-17(24)23-20-8-12-4-13(9-20)6-14(5-12)10-20/h1-3,7,12-14H,4-6,8-11H2,(H,23,24)(H3,21,22,26). The molecule has 0 heterocycles. The van der Waals surface area contributed by atoms with Crippen LogP contribution in [0.25, 0.3) is 0 Å². The number of carbonyl (C=O) groups is 3. The van der Waals surface area contributed by atoms with Crippen LogP contribution in [-0.2, 0) is 9.53 Å². The molecule has 4 fully saturated rings. The Balaban J connectivity index is 1.32. The summed E-state index contributed by atoms with van der Waals surface area (Å²) in [4.78, 5) is 35.5. The van der Waals surface area contributed by atoms with Crippen molar-refractivity contribution >= 4 is 23.6 Å². The molecule has 7 nitrogen and oxygen atoms in total. The molecule has 3 amide bonds. The van der Waals surface area contributed by atoms with Crippen LogP contribution in [0.1, 0.15) is 48.9 Å². The highest BCUT2D eigenvalue weighted by Gasteiger charge is 2.51. The number of rotatable bonds is 5. The second-order valence-corrected chi connectivity index (χ2v) is 8.39. The molecule has 0 atom stereocenters. The van der Waals surface area contributed by atoms with Gasteiger partial charge in [0.1, 0.15) is 0 Å². The van der Waals surface area contributed by atoms with Gasteiger partial charge in [0.2, 0.25) is 0 Å². The van der Waals surface area contributed by atoms with Gasteiger partial charge in [-0.25, -0.2) is 9.59 Å². The largest absolute Gasteiger partial charge is 0.452 e. The van der Waals surface area contributed by atoms with Crippen LogP contribution in [0.5, 0.6) is 0 Å². The Morgan fingerprint density at radius 3 is 2.30 bits per heavy atom. The van der Waals surface area contributed by atoms with E-state index >= 15 is 0 Å². The minimum atomic E-state index is -0.713. The Bertz CT molecular complexity index is 741. The lowest BCUT2D eigenvalue weighted by molar-refractivity contribution is -0.130. The van der Waals surface area contributed by atoms with Crippen molar-refractivity contribution in [3.63, 3.8) is 0 Å². The topological polar surface area (TPSA) is 111 Å². The van der Waals surface area contributed by atoms with Crippen LogP contribution in [0, 0.1) is 17.8 Å². The summed E-state index contributed by atoms with van der Waals surface area (Å²) in [6, 6.07) is 5.53. The average Bonchev–Trinajstić information content (AvgIpc) is 2.57. The van der Waals surface area contributed by atoms with E-state index in [9.17, 15) is 14.4 Å². The van der Waals surface area contributed by atoms with E-state index in [1.54, 1.807) is 18.2 Å². The van der Waals surface area contributed by atoms with E-state index in [0.717, 1.165) is 37.0 Å². The molecule has 1 aromatic carbocycles. The van der Waals surface area contributed by atoms with Gasteiger partial charge in [0, 0.05) is 11.2 Å². The molecular weight excluding hydrogens is 346 g/mol. The zero-order valence-corrected chi connectivity index (χ0v) is 15.2. The summed E-state index contributed by atoms with van der Waals surface area (Å²) in [6.45, 7) is -0.298. The number of esters is 1. The predicted octanol–water partition coefficient (Wildman–Crippen LogP) is 2.42. The third-order valence-electron chi connectivity index (χ3n) is 6.14. The van der Waals surface area contributed by atoms with E-state index in [0.29, 0.717) is 5.69 Å². The van der Waals surface area contributed by atoms with E-state index in [1.807, 2.05) is 0 Å². The van der Waals surface area contributed by atoms with E-state index in [1.165, 1.54) is 25.3 Å². The molecule has 0 spiro atoms. The van der Waals surface area contributed by atoms with Crippen LogP contribution in [0.4, 0.5) is 10.5 Å². The summed E-state index contributed by atoms with van der Waals surface area (Å²) in [5.41, 5.74) is 5.63. The highest BCUT2D eigenvalue weighted by atomic mass is 16.5. The lowest BCUT2D eigenvalue weighted by Gasteiger charge is -2.56. The number of urea groups is 1. The van der Waals surface area contributed by atoms with Crippen LogP contribution < -0.4 is 16.4 Å². The smallest absolute Gasteiger partial charge is 0.338 e. The maximum atomic E-state index is 12.4. The number of hydrogen-bond acceptors (Lipinski definition) is 4. The maximum Gasteiger partial charge on any atom is 0.338 e. The zero-order valence-electron chi connectivity index (χ0n) is 15.2. The van der Waals surface area contributed by atoms with Crippen molar-refractivity contribution in [2.45, 2.75) is 44.1 Å². The molecule has 1 aromatic rings. The second-order valence-electron chi connectivity index (χ2n) is 8.39. The lowest BCUT2D eigenvalue weighted by Crippen LogP contribution is -2.60. The molecule has 27 heavy (non-hydrogen) atoms. The van der Waals surface area contributed by atoms with Gasteiger partial charge in [-0.15, -0.1) is 0 Å². The van der Waals surface area contributed by atoms with Gasteiger partial charge in [-0.05, 0) is 74.5 Å². The number of carbonyl (C=O) groups excluding carboxylic acids is 3. The fourth-order valence-electron chi connectivity index (χ4n) is 5.68. The molecule has 4 aliphatic rings. The SMILES string of the molecule is NC(=O)Nc1cccc(C(=O)OCC(=O)NC23CC4CC(CC(C4)C2)C3)c1. The summed E-state index contributed by atoms with van der Waals surface area (Å²) in [5.74, 6) is 1.36. The number of nitrogens with two attached hydrogens (primary N) is 1. The number of anilines is 1. The molecule has 0 aliphatic heterocycles. The Hall–Kier alpha value is -2.57. The van der Waals surface area contributed by atoms with Gasteiger partial charge in [-0.1, -0.05) is 6.07 Å². The highest BCUT2D eigenvalue weighted by molar-refractivity contribution is 5.94. The van der Waals surface area contributed by atoms with Crippen molar-refractivity contribution < 1.29 is 19.1 Å². The molecule has 0 saturated heterocycles. The minimum absolute atomic E-state index is 0.0937. The molecule has 7 heteroatoms. The van der Waals surface area contributed by atoms with Gasteiger partial charge in [0.05, 0.1) is 5.56 Å². The molecule has 4 bridgehead atoms. The Labute approximate surface area is 158 Å². The van der Waals surface area contributed by atoms with Crippen LogP contribution in [0.3, 0.4) is 0 Å². The number of nitrogens with one attached hydrogen (secondary N) is 2. The molecule has 5 rings (SSSR count). The molecule has 0 radical (unpaired) electrons. The fraction of sp³-hybridized carbons (Fsp3) is 0.550. The molecule has 4 saturated carbocycles. The van der Waals surface area contributed by atoms with Gasteiger partial charge in [-0.3, -0.25) is 4.79 Å². The average molecular weight is 371 g/mol. The second kappa shape index (κ2) is 6.87. The van der Waals surface area contributed by atoms with Gasteiger partial charge >= 0.3 is 12.0 Å². The first-order chi connectivity index (χ1) is 12.9. The molecule has 0 aromatic heterocycles. The number of primary amides is 1. The summed E-state index contributed by atoms with van der Waals surface area (Å²) >= 11 is 0. The van der Waals surface area contributed by atoms with Crippen LogP contribution in [0.15, 0.2) is 24.3 Å². The number of benzene rings is 1. The van der Waals surface area contributed by atoms with E-state index in [2.05, 4.69) is 10.6 Å². The van der Waals surface area contributed by atoms with E-state index < -0.39 is 12.0 Å². The number of hydrogen-bond donors (Lipinski definition) is 3. The first-order valence-electron chi connectivity index (χ1n) is 9.55. The zero-order chi connectivity index (χ0) is 19.0. The summed E-state index contributed by atoms with van der Waals surface area (Å²) in [7, 11) is 0. The highest BCUT2D eigenvalue weighted by Crippen LogP contribution is 2.55. The van der Waals surface area contributed by atoms with Crippen molar-refractivity contribution in [2.75, 3.05) is 11.9 Å². The lowest BCUT2D eigenvalue weighted by atomic mass is 9.53. The Kier molecular flexibility index (Phi) is 4.53. The monoisotopic (exact) mass is 371 g/mol. The van der Waals surface area contributed by atoms with E-state index in [4.69, 9.17) is 10.5 Å². The molecule has 4 N–H and O–H groups in total. The maximum absolute atomic E-state index is 12.4. The van der Waals surface area contributed by atoms with Crippen LogP contribution in [0.2, 0.25) is 0 Å². The first kappa shape index (κ1) is 17.8.